The first-order chi connectivity index (χ1) is 17.9. The van der Waals surface area contributed by atoms with Gasteiger partial charge in [0.25, 0.3) is 0 Å². The van der Waals surface area contributed by atoms with E-state index in [0.717, 1.165) is 24.1 Å². The van der Waals surface area contributed by atoms with Crippen LogP contribution in [0.1, 0.15) is 70.0 Å². The summed E-state index contributed by atoms with van der Waals surface area (Å²) in [6.45, 7) is 11.0. The van der Waals surface area contributed by atoms with Crippen LogP contribution < -0.4 is 0 Å². The van der Waals surface area contributed by atoms with E-state index >= 15 is 0 Å². The summed E-state index contributed by atoms with van der Waals surface area (Å²) in [5, 5.41) is 11.1. The Kier molecular flexibility index (Phi) is 8.78. The van der Waals surface area contributed by atoms with Gasteiger partial charge in [0.15, 0.2) is 0 Å². The number of benzene rings is 2. The van der Waals surface area contributed by atoms with Crippen LogP contribution in [-0.2, 0) is 14.3 Å². The zero-order valence-corrected chi connectivity index (χ0v) is 24.1. The van der Waals surface area contributed by atoms with Gasteiger partial charge < -0.3 is 14.7 Å². The predicted octanol–water partition coefficient (Wildman–Crippen LogP) is 6.42. The van der Waals surface area contributed by atoms with Crippen LogP contribution in [0.5, 0.6) is 0 Å². The number of amides is 1. The van der Waals surface area contributed by atoms with Crippen LogP contribution in [0, 0.1) is 5.41 Å². The Balaban J connectivity index is 1.86. The van der Waals surface area contributed by atoms with Crippen LogP contribution in [-0.4, -0.2) is 64.7 Å². The number of aliphatic carboxylic acids is 1. The van der Waals surface area contributed by atoms with Crippen LogP contribution in [0.2, 0.25) is 10.0 Å². The SMILES string of the molecule is CCC(CN1CCOCC1(C)C)N1C(=O)[C@@](C)(CC(=O)O)C[C@H](c2cccc(Cl)c2)[C@H]1c1ccc(Cl)cc1. The second-order valence-electron chi connectivity index (χ2n) is 11.6. The van der Waals surface area contributed by atoms with Gasteiger partial charge in [-0.3, -0.25) is 14.5 Å². The van der Waals surface area contributed by atoms with Crippen molar-refractivity contribution < 1.29 is 19.4 Å². The number of rotatable bonds is 8. The third-order valence-electron chi connectivity index (χ3n) is 8.24. The summed E-state index contributed by atoms with van der Waals surface area (Å²) >= 11 is 12.7. The van der Waals surface area contributed by atoms with E-state index in [-0.39, 0.29) is 35.9 Å². The number of piperidine rings is 1. The highest BCUT2D eigenvalue weighted by molar-refractivity contribution is 6.30. The minimum Gasteiger partial charge on any atom is -0.481 e. The number of hydrogen-bond acceptors (Lipinski definition) is 4. The molecule has 2 aliphatic heterocycles. The molecule has 0 aliphatic carbocycles. The van der Waals surface area contributed by atoms with Crippen molar-refractivity contribution in [3.8, 4) is 0 Å². The highest BCUT2D eigenvalue weighted by atomic mass is 35.5. The van der Waals surface area contributed by atoms with Crippen LogP contribution in [0.4, 0.5) is 0 Å². The maximum atomic E-state index is 14.4. The largest absolute Gasteiger partial charge is 0.481 e. The van der Waals surface area contributed by atoms with E-state index < -0.39 is 11.4 Å². The molecule has 1 unspecified atom stereocenters. The molecule has 1 N–H and O–H groups in total. The van der Waals surface area contributed by atoms with Gasteiger partial charge in [-0.1, -0.05) is 61.3 Å². The maximum absolute atomic E-state index is 14.4. The second kappa shape index (κ2) is 11.5. The molecule has 2 saturated heterocycles. The van der Waals surface area contributed by atoms with Crippen molar-refractivity contribution in [2.45, 2.75) is 70.5 Å². The molecule has 0 bridgehead atoms. The molecule has 0 aromatic heterocycles. The first-order valence-corrected chi connectivity index (χ1v) is 14.1. The Morgan fingerprint density at radius 3 is 2.42 bits per heavy atom. The number of halogens is 2. The minimum atomic E-state index is -1.06. The lowest BCUT2D eigenvalue weighted by Gasteiger charge is -2.53. The lowest BCUT2D eigenvalue weighted by molar-refractivity contribution is -0.162. The van der Waals surface area contributed by atoms with Crippen molar-refractivity contribution in [2.75, 3.05) is 26.3 Å². The number of nitrogens with zero attached hydrogens (tertiary/aromatic N) is 2. The van der Waals surface area contributed by atoms with E-state index in [4.69, 9.17) is 27.9 Å². The van der Waals surface area contributed by atoms with Crippen LogP contribution in [0.15, 0.2) is 48.5 Å². The first kappa shape index (κ1) is 28.9. The van der Waals surface area contributed by atoms with Gasteiger partial charge in [-0.15, -0.1) is 0 Å². The fraction of sp³-hybridized carbons (Fsp3) is 0.533. The van der Waals surface area contributed by atoms with E-state index in [1.807, 2.05) is 53.4 Å². The van der Waals surface area contributed by atoms with Gasteiger partial charge in [0.2, 0.25) is 5.91 Å². The molecule has 6 nitrogen and oxygen atoms in total. The molecule has 2 aliphatic rings. The second-order valence-corrected chi connectivity index (χ2v) is 12.5. The maximum Gasteiger partial charge on any atom is 0.304 e. The predicted molar refractivity (Wildman–Crippen MR) is 151 cm³/mol. The number of carbonyl (C=O) groups excluding carboxylic acids is 1. The molecule has 0 spiro atoms. The van der Waals surface area contributed by atoms with Crippen LogP contribution in [0.3, 0.4) is 0 Å². The van der Waals surface area contributed by atoms with Crippen molar-refractivity contribution in [1.29, 1.82) is 0 Å². The Morgan fingerprint density at radius 1 is 1.11 bits per heavy atom. The van der Waals surface area contributed by atoms with Gasteiger partial charge >= 0.3 is 5.97 Å². The molecule has 0 saturated carbocycles. The fourth-order valence-electron chi connectivity index (χ4n) is 6.18. The Morgan fingerprint density at radius 2 is 1.82 bits per heavy atom. The molecule has 2 fully saturated rings. The minimum absolute atomic E-state index is 0.115. The molecule has 8 heteroatoms. The molecule has 2 heterocycles. The molecule has 4 atom stereocenters. The normalized spacial score (nSPS) is 26.8. The average molecular weight is 562 g/mol. The Bertz CT molecular complexity index is 1160. The number of carbonyl (C=O) groups is 2. The molecule has 4 rings (SSSR count). The third-order valence-corrected chi connectivity index (χ3v) is 8.73. The molecule has 206 valence electrons. The van der Waals surface area contributed by atoms with Crippen molar-refractivity contribution in [3.05, 3.63) is 69.7 Å². The van der Waals surface area contributed by atoms with Crippen LogP contribution in [0.25, 0.3) is 0 Å². The van der Waals surface area contributed by atoms with E-state index in [0.29, 0.717) is 36.2 Å². The monoisotopic (exact) mass is 560 g/mol. The summed E-state index contributed by atoms with van der Waals surface area (Å²) in [6, 6.07) is 15.0. The van der Waals surface area contributed by atoms with Gasteiger partial charge in [0, 0.05) is 40.6 Å². The third kappa shape index (κ3) is 6.04. The molecule has 0 radical (unpaired) electrons. The van der Waals surface area contributed by atoms with Crippen LogP contribution >= 0.6 is 23.2 Å². The molecular formula is C30H38Cl2N2O4. The van der Waals surface area contributed by atoms with Gasteiger partial charge in [-0.25, -0.2) is 0 Å². The summed E-state index contributed by atoms with van der Waals surface area (Å²) < 4.78 is 5.75. The number of hydrogen-bond donors (Lipinski definition) is 1. The standard InChI is InChI=1S/C30H38Cl2N2O4/c1-5-24(18-33-13-14-38-19-29(33,2)3)34-27(20-9-11-22(31)12-10-20)25(21-7-6-8-23(32)15-21)16-30(4,28(34)37)17-26(35)36/h6-12,15,24-25,27H,5,13-14,16-19H2,1-4H3,(H,35,36)/t24?,25-,27-,30-/m1/s1. The van der Waals surface area contributed by atoms with E-state index in [1.165, 1.54) is 0 Å². The molecule has 1 amide bonds. The highest BCUT2D eigenvalue weighted by Gasteiger charge is 2.52. The van der Waals surface area contributed by atoms with Crippen molar-refractivity contribution in [3.63, 3.8) is 0 Å². The number of ether oxygens (including phenoxy) is 1. The first-order valence-electron chi connectivity index (χ1n) is 13.3. The van der Waals surface area contributed by atoms with E-state index in [2.05, 4.69) is 25.7 Å². The topological polar surface area (TPSA) is 70.1 Å². The zero-order chi connectivity index (χ0) is 27.7. The average Bonchev–Trinajstić information content (AvgIpc) is 2.85. The molecule has 38 heavy (non-hydrogen) atoms. The Hall–Kier alpha value is -2.12. The summed E-state index contributed by atoms with van der Waals surface area (Å²) in [5.74, 6) is -1.24. The number of morpholine rings is 1. The number of carboxylic acids is 1. The quantitative estimate of drug-likeness (QED) is 0.403. The number of carboxylic acid groups (broad SMARTS) is 1. The van der Waals surface area contributed by atoms with Gasteiger partial charge in [-0.05, 0) is 62.1 Å². The number of likely N-dealkylation sites (tertiary alicyclic amines) is 1. The smallest absolute Gasteiger partial charge is 0.304 e. The molecular weight excluding hydrogens is 523 g/mol. The summed E-state index contributed by atoms with van der Waals surface area (Å²) in [6.07, 6.45) is 0.905. The zero-order valence-electron chi connectivity index (χ0n) is 22.6. The highest BCUT2D eigenvalue weighted by Crippen LogP contribution is 2.52. The lowest BCUT2D eigenvalue weighted by atomic mass is 9.67. The van der Waals surface area contributed by atoms with Gasteiger partial charge in [-0.2, -0.15) is 0 Å². The summed E-state index contributed by atoms with van der Waals surface area (Å²) in [4.78, 5) is 30.9. The van der Waals surface area contributed by atoms with Crippen molar-refractivity contribution in [2.24, 2.45) is 5.41 Å². The van der Waals surface area contributed by atoms with E-state index in [9.17, 15) is 14.7 Å². The van der Waals surface area contributed by atoms with Gasteiger partial charge in [0.1, 0.15) is 0 Å². The van der Waals surface area contributed by atoms with Crippen molar-refractivity contribution >= 4 is 35.1 Å². The Labute approximate surface area is 235 Å². The molecule has 2 aromatic rings. The van der Waals surface area contributed by atoms with E-state index in [1.54, 1.807) is 6.92 Å². The summed E-state index contributed by atoms with van der Waals surface area (Å²) in [5.41, 5.74) is 0.741. The lowest BCUT2D eigenvalue weighted by Crippen LogP contribution is -2.61. The molecule has 2 aromatic carbocycles. The van der Waals surface area contributed by atoms with Crippen molar-refractivity contribution in [1.82, 2.24) is 9.80 Å². The summed E-state index contributed by atoms with van der Waals surface area (Å²) in [7, 11) is 0. The fourth-order valence-corrected chi connectivity index (χ4v) is 6.50. The van der Waals surface area contributed by atoms with Gasteiger partial charge in [0.05, 0.1) is 31.1 Å².